The van der Waals surface area contributed by atoms with E-state index in [0.29, 0.717) is 11.3 Å². The van der Waals surface area contributed by atoms with Gasteiger partial charge in [0.1, 0.15) is 12.4 Å². The highest BCUT2D eigenvalue weighted by Gasteiger charge is 2.40. The van der Waals surface area contributed by atoms with Gasteiger partial charge in [-0.1, -0.05) is 29.8 Å². The van der Waals surface area contributed by atoms with E-state index in [-0.39, 0.29) is 35.1 Å². The minimum absolute atomic E-state index is 0.0588. The smallest absolute Gasteiger partial charge is 0.330 e. The maximum absolute atomic E-state index is 14.1. The molecule has 1 amide bonds. The summed E-state index contributed by atoms with van der Waals surface area (Å²) in [6, 6.07) is 11.8. The molecule has 0 aliphatic heterocycles. The van der Waals surface area contributed by atoms with Gasteiger partial charge in [0.2, 0.25) is 0 Å². The second-order valence-corrected chi connectivity index (χ2v) is 7.65. The number of carbonyl (C=O) groups excluding carboxylic acids is 1. The van der Waals surface area contributed by atoms with Crippen LogP contribution in [0.15, 0.2) is 48.5 Å². The number of hydrogen-bond acceptors (Lipinski definition) is 3. The Labute approximate surface area is 191 Å². The fraction of sp³-hybridized carbons (Fsp3) is 0.273. The van der Waals surface area contributed by atoms with E-state index in [1.807, 2.05) is 0 Å². The van der Waals surface area contributed by atoms with Crippen LogP contribution in [0.2, 0.25) is 5.02 Å². The van der Waals surface area contributed by atoms with Gasteiger partial charge >= 0.3 is 12.3 Å². The summed E-state index contributed by atoms with van der Waals surface area (Å²) < 4.78 is 70.5. The number of halogens is 6. The summed E-state index contributed by atoms with van der Waals surface area (Å²) in [5.41, 5.74) is 1.43. The largest absolute Gasteiger partial charge is 0.370 e. The lowest BCUT2D eigenvalue weighted by Gasteiger charge is -2.15. The SMILES string of the molecule is Cc1cc(NC(=O)c2cccc(COCC(F)(F)C(F)F)c2)nn1Cc1c(F)cccc1Cl. The minimum atomic E-state index is -4.25. The van der Waals surface area contributed by atoms with Crippen molar-refractivity contribution in [2.75, 3.05) is 11.9 Å². The van der Waals surface area contributed by atoms with Crippen molar-refractivity contribution >= 4 is 23.3 Å². The van der Waals surface area contributed by atoms with Crippen LogP contribution < -0.4 is 5.32 Å². The second kappa shape index (κ2) is 10.3. The van der Waals surface area contributed by atoms with E-state index in [1.165, 1.54) is 41.1 Å². The van der Waals surface area contributed by atoms with Crippen LogP contribution in [0, 0.1) is 12.7 Å². The van der Waals surface area contributed by atoms with Crippen molar-refractivity contribution in [3.63, 3.8) is 0 Å². The molecule has 5 nitrogen and oxygen atoms in total. The summed E-state index contributed by atoms with van der Waals surface area (Å²) in [7, 11) is 0. The third-order valence-corrected chi connectivity index (χ3v) is 5.02. The average molecular weight is 488 g/mol. The molecule has 33 heavy (non-hydrogen) atoms. The monoisotopic (exact) mass is 487 g/mol. The lowest BCUT2D eigenvalue weighted by atomic mass is 10.1. The van der Waals surface area contributed by atoms with E-state index in [0.717, 1.165) is 0 Å². The Morgan fingerprint density at radius 3 is 2.64 bits per heavy atom. The van der Waals surface area contributed by atoms with Gasteiger partial charge in [-0.2, -0.15) is 13.9 Å². The van der Waals surface area contributed by atoms with Gasteiger partial charge in [0, 0.05) is 27.9 Å². The topological polar surface area (TPSA) is 56.1 Å². The van der Waals surface area contributed by atoms with Crippen molar-refractivity contribution in [1.29, 1.82) is 0 Å². The van der Waals surface area contributed by atoms with Crippen molar-refractivity contribution in [2.45, 2.75) is 32.4 Å². The lowest BCUT2D eigenvalue weighted by molar-refractivity contribution is -0.168. The van der Waals surface area contributed by atoms with E-state index in [1.54, 1.807) is 19.1 Å². The van der Waals surface area contributed by atoms with Crippen LogP contribution in [0.4, 0.5) is 27.8 Å². The van der Waals surface area contributed by atoms with Crippen LogP contribution in [0.25, 0.3) is 0 Å². The fourth-order valence-corrected chi connectivity index (χ4v) is 3.15. The third-order valence-electron chi connectivity index (χ3n) is 4.66. The Morgan fingerprint density at radius 2 is 1.94 bits per heavy atom. The number of rotatable bonds is 9. The van der Waals surface area contributed by atoms with Crippen LogP contribution >= 0.6 is 11.6 Å². The molecule has 0 unspecified atom stereocenters. The second-order valence-electron chi connectivity index (χ2n) is 7.24. The molecule has 0 saturated heterocycles. The van der Waals surface area contributed by atoms with Crippen LogP contribution in [-0.2, 0) is 17.9 Å². The van der Waals surface area contributed by atoms with E-state index in [2.05, 4.69) is 15.2 Å². The maximum atomic E-state index is 14.1. The molecule has 0 saturated carbocycles. The highest BCUT2D eigenvalue weighted by Crippen LogP contribution is 2.24. The first-order valence-electron chi connectivity index (χ1n) is 9.68. The predicted octanol–water partition coefficient (Wildman–Crippen LogP) is 5.70. The van der Waals surface area contributed by atoms with E-state index in [9.17, 15) is 26.7 Å². The van der Waals surface area contributed by atoms with Crippen molar-refractivity contribution in [1.82, 2.24) is 9.78 Å². The number of nitrogens with one attached hydrogen (secondary N) is 1. The van der Waals surface area contributed by atoms with Crippen molar-refractivity contribution in [3.8, 4) is 0 Å². The van der Waals surface area contributed by atoms with Crippen LogP contribution in [-0.4, -0.2) is 34.6 Å². The number of aromatic nitrogens is 2. The number of hydrogen-bond donors (Lipinski definition) is 1. The maximum Gasteiger partial charge on any atom is 0.330 e. The minimum Gasteiger partial charge on any atom is -0.370 e. The van der Waals surface area contributed by atoms with E-state index >= 15 is 0 Å². The number of aryl methyl sites for hydroxylation is 1. The zero-order valence-corrected chi connectivity index (χ0v) is 18.1. The molecule has 3 rings (SSSR count). The summed E-state index contributed by atoms with van der Waals surface area (Å²) in [4.78, 5) is 12.6. The summed E-state index contributed by atoms with van der Waals surface area (Å²) in [5, 5.41) is 7.10. The van der Waals surface area contributed by atoms with Gasteiger partial charge in [-0.3, -0.25) is 9.48 Å². The lowest BCUT2D eigenvalue weighted by Crippen LogP contribution is -2.32. The predicted molar refractivity (Wildman–Crippen MR) is 112 cm³/mol. The van der Waals surface area contributed by atoms with Gasteiger partial charge in [-0.25, -0.2) is 13.2 Å². The number of nitrogens with zero attached hydrogens (tertiary/aromatic N) is 2. The summed E-state index contributed by atoms with van der Waals surface area (Å²) in [5.74, 6) is -5.06. The molecule has 11 heteroatoms. The van der Waals surface area contributed by atoms with Gasteiger partial charge in [-0.05, 0) is 36.8 Å². The van der Waals surface area contributed by atoms with Gasteiger partial charge in [0.05, 0.1) is 13.2 Å². The molecule has 1 aromatic heterocycles. The van der Waals surface area contributed by atoms with Crippen molar-refractivity contribution in [3.05, 3.63) is 81.8 Å². The van der Waals surface area contributed by atoms with Crippen LogP contribution in [0.5, 0.6) is 0 Å². The van der Waals surface area contributed by atoms with Crippen molar-refractivity contribution < 1.29 is 31.5 Å². The Morgan fingerprint density at radius 1 is 1.21 bits per heavy atom. The number of carbonyl (C=O) groups is 1. The molecule has 0 spiro atoms. The number of benzene rings is 2. The number of alkyl halides is 4. The normalized spacial score (nSPS) is 11.8. The molecule has 0 aliphatic rings. The molecule has 0 aliphatic carbocycles. The molecule has 1 heterocycles. The van der Waals surface area contributed by atoms with Gasteiger partial charge in [0.15, 0.2) is 5.82 Å². The number of ether oxygens (including phenoxy) is 1. The summed E-state index contributed by atoms with van der Waals surface area (Å²) >= 11 is 6.05. The molecule has 0 bridgehead atoms. The molecule has 3 aromatic rings. The molecule has 0 atom stereocenters. The number of anilines is 1. The zero-order valence-electron chi connectivity index (χ0n) is 17.3. The van der Waals surface area contributed by atoms with E-state index in [4.69, 9.17) is 11.6 Å². The third kappa shape index (κ3) is 6.29. The first-order chi connectivity index (χ1) is 15.6. The van der Waals surface area contributed by atoms with Gasteiger partial charge in [-0.15, -0.1) is 0 Å². The Bertz CT molecular complexity index is 1120. The Hall–Kier alpha value is -2.98. The zero-order chi connectivity index (χ0) is 24.2. The molecule has 0 fully saturated rings. The molecule has 176 valence electrons. The van der Waals surface area contributed by atoms with Crippen LogP contribution in [0.3, 0.4) is 0 Å². The highest BCUT2D eigenvalue weighted by molar-refractivity contribution is 6.31. The van der Waals surface area contributed by atoms with E-state index < -0.39 is 30.7 Å². The molecule has 1 N–H and O–H groups in total. The molecular formula is C22H19ClF5N3O2. The highest BCUT2D eigenvalue weighted by atomic mass is 35.5. The first-order valence-corrected chi connectivity index (χ1v) is 10.1. The standard InChI is InChI=1S/C22H19ClF5N3O2/c1-13-8-19(30-31(13)10-16-17(23)6-3-7-18(16)24)29-20(32)15-5-2-4-14(9-15)11-33-12-22(27,28)21(25)26/h2-9,21H,10-12H2,1H3,(H,29,30,32). The Balaban J connectivity index is 1.65. The summed E-state index contributed by atoms with van der Waals surface area (Å²) in [6.45, 7) is -0.0295. The summed E-state index contributed by atoms with van der Waals surface area (Å²) in [6.07, 6.45) is -3.83. The molecular weight excluding hydrogens is 469 g/mol. The van der Waals surface area contributed by atoms with Crippen molar-refractivity contribution in [2.24, 2.45) is 0 Å². The number of amides is 1. The fourth-order valence-electron chi connectivity index (χ4n) is 2.92. The van der Waals surface area contributed by atoms with Gasteiger partial charge in [0.25, 0.3) is 5.91 Å². The Kier molecular flexibility index (Phi) is 7.70. The average Bonchev–Trinajstić information content (AvgIpc) is 3.09. The molecule has 2 aromatic carbocycles. The molecule has 0 radical (unpaired) electrons. The quantitative estimate of drug-likeness (QED) is 0.394. The first kappa shape index (κ1) is 24.7. The van der Waals surface area contributed by atoms with Gasteiger partial charge < -0.3 is 10.1 Å². The van der Waals surface area contributed by atoms with Crippen LogP contribution in [0.1, 0.15) is 27.2 Å².